The van der Waals surface area contributed by atoms with Crippen molar-refractivity contribution in [3.63, 3.8) is 0 Å². The van der Waals surface area contributed by atoms with Gasteiger partial charge in [-0.05, 0) is 38.1 Å². The molecule has 0 aliphatic rings. The summed E-state index contributed by atoms with van der Waals surface area (Å²) >= 11 is 0. The van der Waals surface area contributed by atoms with Gasteiger partial charge in [0, 0.05) is 17.1 Å². The van der Waals surface area contributed by atoms with E-state index >= 15 is 0 Å². The summed E-state index contributed by atoms with van der Waals surface area (Å²) in [6, 6.07) is 17.9. The molecule has 2 heterocycles. The third-order valence-electron chi connectivity index (χ3n) is 5.53. The highest BCUT2D eigenvalue weighted by Gasteiger charge is 2.11. The van der Waals surface area contributed by atoms with Crippen LogP contribution in [0.3, 0.4) is 0 Å². The summed E-state index contributed by atoms with van der Waals surface area (Å²) in [4.78, 5) is 14.6. The van der Waals surface area contributed by atoms with Crippen molar-refractivity contribution in [2.45, 2.75) is 20.5 Å². The molecule has 4 rings (SSSR count). The maximum atomic E-state index is 13.1. The highest BCUT2D eigenvalue weighted by molar-refractivity contribution is 5.89. The fourth-order valence-electron chi connectivity index (χ4n) is 3.79. The molecule has 148 valence electrons. The van der Waals surface area contributed by atoms with E-state index < -0.39 is 0 Å². The molecule has 0 unspecified atom stereocenters. The molecule has 2 aromatic carbocycles. The molecule has 0 aliphatic heterocycles. The Bertz CT molecular complexity index is 1290. The molecular weight excluding hydrogens is 360 g/mol. The van der Waals surface area contributed by atoms with Gasteiger partial charge in [-0.3, -0.25) is 14.5 Å². The first kappa shape index (κ1) is 19.0. The van der Waals surface area contributed by atoms with Crippen LogP contribution in [0.1, 0.15) is 19.4 Å². The van der Waals surface area contributed by atoms with Crippen LogP contribution in [0.4, 0.5) is 0 Å². The first-order chi connectivity index (χ1) is 14.1. The average Bonchev–Trinajstić information content (AvgIpc) is 3.25. The molecular formula is C24H27N4O+. The largest absolute Gasteiger partial charge is 0.318 e. The number of hydrogen-bond acceptors (Lipinski definition) is 1. The van der Waals surface area contributed by atoms with E-state index in [9.17, 15) is 4.79 Å². The lowest BCUT2D eigenvalue weighted by Crippen LogP contribution is -3.10. The minimum Gasteiger partial charge on any atom is -0.318 e. The standard InChI is InChI=1S/C24H26N4O/c1-4-26(5-2)17-27-16-19(21-13-9-10-14-23(21)27)15-22-18(3)25-28(24(22)29)20-11-7-6-8-12-20/h6-16,25H,3-5,17H2,1-2H3/p+1/b22-15+. The van der Waals surface area contributed by atoms with Crippen LogP contribution in [0.5, 0.6) is 0 Å². The Hall–Kier alpha value is -3.31. The van der Waals surface area contributed by atoms with Gasteiger partial charge in [-0.25, -0.2) is 4.68 Å². The number of hydrogen-bond donors (Lipinski definition) is 2. The van der Waals surface area contributed by atoms with E-state index in [0.717, 1.165) is 36.4 Å². The van der Waals surface area contributed by atoms with Crippen LogP contribution >= 0.6 is 0 Å². The molecule has 29 heavy (non-hydrogen) atoms. The number of rotatable bonds is 6. The highest BCUT2D eigenvalue weighted by Crippen LogP contribution is 2.21. The molecule has 0 atom stereocenters. The van der Waals surface area contributed by atoms with Gasteiger partial charge in [0.05, 0.1) is 34.9 Å². The Morgan fingerprint density at radius 1 is 1.03 bits per heavy atom. The van der Waals surface area contributed by atoms with E-state index in [1.165, 1.54) is 10.4 Å². The Morgan fingerprint density at radius 2 is 1.72 bits per heavy atom. The normalized spacial score (nSPS) is 12.3. The number of nitrogens with zero attached hydrogens (tertiary/aromatic N) is 2. The zero-order valence-corrected chi connectivity index (χ0v) is 17.0. The molecule has 0 amide bonds. The number of nitrogens with one attached hydrogen (secondary N) is 2. The van der Waals surface area contributed by atoms with E-state index in [1.807, 2.05) is 42.5 Å². The zero-order chi connectivity index (χ0) is 20.4. The van der Waals surface area contributed by atoms with Crippen LogP contribution in [0.25, 0.3) is 29.2 Å². The molecule has 2 aromatic heterocycles. The van der Waals surface area contributed by atoms with Crippen molar-refractivity contribution in [1.29, 1.82) is 0 Å². The van der Waals surface area contributed by atoms with Gasteiger partial charge in [0.1, 0.15) is 0 Å². The van der Waals surface area contributed by atoms with Gasteiger partial charge >= 0.3 is 0 Å². The molecule has 0 saturated carbocycles. The SMILES string of the molecule is C=c1[nH]n(-c2ccccc2)c(=O)/c1=C/c1cn(C[NH+](CC)CC)c2ccccc12. The Labute approximate surface area is 169 Å². The van der Waals surface area contributed by atoms with Crippen LogP contribution in [-0.2, 0) is 6.67 Å². The number of quaternary nitrogens is 1. The minimum atomic E-state index is -0.0904. The van der Waals surface area contributed by atoms with Crippen molar-refractivity contribution in [3.8, 4) is 5.69 Å². The van der Waals surface area contributed by atoms with Crippen molar-refractivity contribution >= 4 is 23.6 Å². The van der Waals surface area contributed by atoms with Gasteiger partial charge in [0.2, 0.25) is 0 Å². The molecule has 0 saturated heterocycles. The van der Waals surface area contributed by atoms with E-state index in [2.05, 4.69) is 54.5 Å². The van der Waals surface area contributed by atoms with Gasteiger partial charge in [-0.2, -0.15) is 0 Å². The van der Waals surface area contributed by atoms with E-state index in [1.54, 1.807) is 4.68 Å². The molecule has 5 nitrogen and oxygen atoms in total. The van der Waals surface area contributed by atoms with Gasteiger partial charge < -0.3 is 4.90 Å². The van der Waals surface area contributed by atoms with Crippen LogP contribution in [0.2, 0.25) is 0 Å². The van der Waals surface area contributed by atoms with Gasteiger partial charge in [-0.1, -0.05) is 43.0 Å². The first-order valence-electron chi connectivity index (χ1n) is 10.1. The molecule has 2 N–H and O–H groups in total. The molecule has 4 aromatic rings. The second-order valence-electron chi connectivity index (χ2n) is 7.31. The number of aromatic nitrogens is 3. The van der Waals surface area contributed by atoms with Crippen molar-refractivity contribution in [2.24, 2.45) is 0 Å². The minimum absolute atomic E-state index is 0.0904. The lowest BCUT2D eigenvalue weighted by Gasteiger charge is -2.16. The lowest BCUT2D eigenvalue weighted by molar-refractivity contribution is -0.919. The second-order valence-corrected chi connectivity index (χ2v) is 7.31. The van der Waals surface area contributed by atoms with Crippen LogP contribution < -0.4 is 21.0 Å². The number of fused-ring (bicyclic) bond motifs is 1. The Balaban J connectivity index is 1.87. The van der Waals surface area contributed by atoms with Gasteiger partial charge in [-0.15, -0.1) is 0 Å². The van der Waals surface area contributed by atoms with Crippen molar-refractivity contribution < 1.29 is 4.90 Å². The van der Waals surface area contributed by atoms with Gasteiger partial charge in [0.25, 0.3) is 5.56 Å². The summed E-state index contributed by atoms with van der Waals surface area (Å²) in [5, 5.41) is 5.46. The smallest absolute Gasteiger partial charge is 0.279 e. The predicted octanol–water partition coefficient (Wildman–Crippen LogP) is 1.24. The second kappa shape index (κ2) is 7.97. The Kier molecular flexibility index (Phi) is 5.23. The number of aromatic amines is 1. The summed E-state index contributed by atoms with van der Waals surface area (Å²) in [5.74, 6) is 0. The van der Waals surface area contributed by atoms with Crippen molar-refractivity contribution in [1.82, 2.24) is 14.3 Å². The van der Waals surface area contributed by atoms with Crippen LogP contribution in [0, 0.1) is 0 Å². The average molecular weight is 388 g/mol. The first-order valence-corrected chi connectivity index (χ1v) is 10.1. The quantitative estimate of drug-likeness (QED) is 0.514. The van der Waals surface area contributed by atoms with Crippen LogP contribution in [-0.4, -0.2) is 27.4 Å². The maximum Gasteiger partial charge on any atom is 0.279 e. The molecule has 5 heteroatoms. The Morgan fingerprint density at radius 3 is 2.45 bits per heavy atom. The maximum absolute atomic E-state index is 13.1. The summed E-state index contributed by atoms with van der Waals surface area (Å²) in [5.41, 5.74) is 2.93. The third kappa shape index (κ3) is 3.57. The predicted molar refractivity (Wildman–Crippen MR) is 119 cm³/mol. The highest BCUT2D eigenvalue weighted by atomic mass is 16.1. The number of H-pyrrole nitrogens is 1. The van der Waals surface area contributed by atoms with Crippen LogP contribution in [0.15, 0.2) is 65.6 Å². The summed E-state index contributed by atoms with van der Waals surface area (Å²) in [6.45, 7) is 11.5. The molecule has 0 aliphatic carbocycles. The zero-order valence-electron chi connectivity index (χ0n) is 17.0. The molecule has 0 bridgehead atoms. The van der Waals surface area contributed by atoms with E-state index in [4.69, 9.17) is 0 Å². The molecule has 0 spiro atoms. The number of para-hydroxylation sites is 2. The van der Waals surface area contributed by atoms with E-state index in [0.29, 0.717) is 10.6 Å². The summed E-state index contributed by atoms with van der Waals surface area (Å²) in [7, 11) is 0. The summed E-state index contributed by atoms with van der Waals surface area (Å²) < 4.78 is 3.84. The molecule has 0 radical (unpaired) electrons. The van der Waals surface area contributed by atoms with Crippen molar-refractivity contribution in [3.05, 3.63) is 87.3 Å². The summed E-state index contributed by atoms with van der Waals surface area (Å²) in [6.07, 6.45) is 4.10. The van der Waals surface area contributed by atoms with E-state index in [-0.39, 0.29) is 5.56 Å². The fraction of sp³-hybridized carbons (Fsp3) is 0.208. The van der Waals surface area contributed by atoms with Crippen molar-refractivity contribution in [2.75, 3.05) is 13.1 Å². The topological polar surface area (TPSA) is 47.2 Å². The van der Waals surface area contributed by atoms with Gasteiger partial charge in [0.15, 0.2) is 6.67 Å². The number of benzene rings is 2. The fourth-order valence-corrected chi connectivity index (χ4v) is 3.79. The third-order valence-corrected chi connectivity index (χ3v) is 5.53. The molecule has 0 fully saturated rings. The lowest BCUT2D eigenvalue weighted by atomic mass is 10.1. The monoisotopic (exact) mass is 387 g/mol.